The van der Waals surface area contributed by atoms with Gasteiger partial charge in [0.15, 0.2) is 0 Å². The third kappa shape index (κ3) is 3.19. The quantitative estimate of drug-likeness (QED) is 0.803. The van der Waals surface area contributed by atoms with Gasteiger partial charge in [-0.25, -0.2) is 0 Å². The van der Waals surface area contributed by atoms with E-state index in [1.807, 2.05) is 20.9 Å². The van der Waals surface area contributed by atoms with Gasteiger partial charge in [0.2, 0.25) is 5.91 Å². The molecule has 0 aromatic carbocycles. The Bertz CT molecular complexity index is 478. The van der Waals surface area contributed by atoms with Crippen molar-refractivity contribution in [3.05, 3.63) is 11.4 Å². The summed E-state index contributed by atoms with van der Waals surface area (Å²) in [7, 11) is 1.89. The number of hydrogen-bond donors (Lipinski definition) is 2. The summed E-state index contributed by atoms with van der Waals surface area (Å²) in [6.45, 7) is 9.42. The highest BCUT2D eigenvalue weighted by atomic mass is 16.2. The molecule has 0 radical (unpaired) electrons. The number of nitrogens with zero attached hydrogens (tertiary/aromatic N) is 3. The van der Waals surface area contributed by atoms with Gasteiger partial charge in [0.1, 0.15) is 0 Å². The van der Waals surface area contributed by atoms with Crippen molar-refractivity contribution in [3.63, 3.8) is 0 Å². The molecule has 1 aromatic rings. The van der Waals surface area contributed by atoms with Crippen LogP contribution >= 0.6 is 0 Å². The van der Waals surface area contributed by atoms with Gasteiger partial charge >= 0.3 is 0 Å². The van der Waals surface area contributed by atoms with Gasteiger partial charge in [-0.15, -0.1) is 0 Å². The highest BCUT2D eigenvalue weighted by Gasteiger charge is 2.25. The van der Waals surface area contributed by atoms with Gasteiger partial charge in [0.05, 0.1) is 23.6 Å². The van der Waals surface area contributed by atoms with Crippen molar-refractivity contribution >= 4 is 11.6 Å². The number of carbonyl (C=O) groups excluding carboxylic acids is 1. The molecule has 2 N–H and O–H groups in total. The molecule has 6 heteroatoms. The van der Waals surface area contributed by atoms with Crippen LogP contribution in [0, 0.1) is 13.8 Å². The molecule has 1 saturated heterocycles. The first kappa shape index (κ1) is 15.0. The molecule has 0 saturated carbocycles. The zero-order valence-corrected chi connectivity index (χ0v) is 12.9. The van der Waals surface area contributed by atoms with E-state index in [-0.39, 0.29) is 5.91 Å². The first-order valence-electron chi connectivity index (χ1n) is 7.27. The van der Waals surface area contributed by atoms with Crippen LogP contribution in [0.4, 0.5) is 5.69 Å². The van der Waals surface area contributed by atoms with Crippen molar-refractivity contribution in [2.45, 2.75) is 33.2 Å². The van der Waals surface area contributed by atoms with Crippen molar-refractivity contribution in [2.75, 3.05) is 31.5 Å². The van der Waals surface area contributed by atoms with Crippen LogP contribution in [0.5, 0.6) is 0 Å². The Morgan fingerprint density at radius 3 is 2.65 bits per heavy atom. The van der Waals surface area contributed by atoms with E-state index in [4.69, 9.17) is 0 Å². The number of nitrogens with one attached hydrogen (secondary N) is 2. The summed E-state index contributed by atoms with van der Waals surface area (Å²) in [6, 6.07) is 0.497. The van der Waals surface area contributed by atoms with E-state index in [9.17, 15) is 4.79 Å². The Labute approximate surface area is 120 Å². The van der Waals surface area contributed by atoms with Gasteiger partial charge in [-0.2, -0.15) is 5.10 Å². The zero-order valence-electron chi connectivity index (χ0n) is 12.9. The third-order valence-corrected chi connectivity index (χ3v) is 3.91. The second-order valence-electron chi connectivity index (χ2n) is 5.50. The van der Waals surface area contributed by atoms with E-state index < -0.39 is 0 Å². The Morgan fingerprint density at radius 2 is 2.20 bits per heavy atom. The molecule has 0 aliphatic carbocycles. The number of carbonyl (C=O) groups is 1. The predicted octanol–water partition coefficient (Wildman–Crippen LogP) is 0.659. The fourth-order valence-electron chi connectivity index (χ4n) is 2.53. The van der Waals surface area contributed by atoms with Crippen LogP contribution < -0.4 is 10.6 Å². The van der Waals surface area contributed by atoms with Crippen LogP contribution in [-0.4, -0.2) is 52.8 Å². The summed E-state index contributed by atoms with van der Waals surface area (Å²) in [5, 5.41) is 10.6. The number of amides is 1. The molecule has 2 heterocycles. The molecule has 0 bridgehead atoms. The van der Waals surface area contributed by atoms with Crippen molar-refractivity contribution in [1.29, 1.82) is 0 Å². The molecule has 20 heavy (non-hydrogen) atoms. The third-order valence-electron chi connectivity index (χ3n) is 3.91. The van der Waals surface area contributed by atoms with E-state index in [1.54, 1.807) is 4.68 Å². The molecule has 1 aliphatic rings. The molecule has 0 spiro atoms. The standard InChI is InChI=1S/C14H25N5O/c1-5-6-19(12-7-15-8-12)9-13(20)16-14-10(2)17-18(4)11(14)3/h12,15H,5-9H2,1-4H3,(H,16,20). The van der Waals surface area contributed by atoms with Crippen LogP contribution in [0.1, 0.15) is 24.7 Å². The van der Waals surface area contributed by atoms with E-state index >= 15 is 0 Å². The Hall–Kier alpha value is -1.40. The monoisotopic (exact) mass is 279 g/mol. The summed E-state index contributed by atoms with van der Waals surface area (Å²) >= 11 is 0. The fraction of sp³-hybridized carbons (Fsp3) is 0.714. The lowest BCUT2D eigenvalue weighted by Gasteiger charge is -2.37. The van der Waals surface area contributed by atoms with E-state index in [0.29, 0.717) is 12.6 Å². The van der Waals surface area contributed by atoms with Crippen molar-refractivity contribution in [1.82, 2.24) is 20.0 Å². The summed E-state index contributed by atoms with van der Waals surface area (Å²) in [4.78, 5) is 14.5. The number of hydrogen-bond acceptors (Lipinski definition) is 4. The number of rotatable bonds is 6. The van der Waals surface area contributed by atoms with Gasteiger partial charge < -0.3 is 10.6 Å². The summed E-state index contributed by atoms with van der Waals surface area (Å²) in [6.07, 6.45) is 1.06. The first-order valence-corrected chi connectivity index (χ1v) is 7.27. The maximum atomic E-state index is 12.2. The van der Waals surface area contributed by atoms with Crippen molar-refractivity contribution in [2.24, 2.45) is 7.05 Å². The Morgan fingerprint density at radius 1 is 1.50 bits per heavy atom. The number of aryl methyl sites for hydroxylation is 2. The van der Waals surface area contributed by atoms with Crippen LogP contribution in [0.15, 0.2) is 0 Å². The lowest BCUT2D eigenvalue weighted by molar-refractivity contribution is -0.118. The van der Waals surface area contributed by atoms with Crippen molar-refractivity contribution < 1.29 is 4.79 Å². The van der Waals surface area contributed by atoms with Crippen LogP contribution in [-0.2, 0) is 11.8 Å². The summed E-state index contributed by atoms with van der Waals surface area (Å²) < 4.78 is 1.80. The summed E-state index contributed by atoms with van der Waals surface area (Å²) in [5.74, 6) is 0.0459. The minimum Gasteiger partial charge on any atom is -0.322 e. The zero-order chi connectivity index (χ0) is 14.7. The van der Waals surface area contributed by atoms with Crippen LogP contribution in [0.2, 0.25) is 0 Å². The molecule has 1 aromatic heterocycles. The largest absolute Gasteiger partial charge is 0.322 e. The molecular formula is C14H25N5O. The first-order chi connectivity index (χ1) is 9.52. The SMILES string of the molecule is CCCN(CC(=O)Nc1c(C)nn(C)c1C)C1CNC1. The summed E-state index contributed by atoms with van der Waals surface area (Å²) in [5.41, 5.74) is 2.70. The van der Waals surface area contributed by atoms with E-state index in [1.165, 1.54) is 0 Å². The number of anilines is 1. The van der Waals surface area contributed by atoms with Gasteiger partial charge in [-0.3, -0.25) is 14.4 Å². The van der Waals surface area contributed by atoms with Gasteiger partial charge in [0.25, 0.3) is 0 Å². The normalized spacial score (nSPS) is 15.4. The van der Waals surface area contributed by atoms with E-state index in [2.05, 4.69) is 27.6 Å². The van der Waals surface area contributed by atoms with Crippen molar-refractivity contribution in [3.8, 4) is 0 Å². The van der Waals surface area contributed by atoms with E-state index in [0.717, 1.165) is 43.1 Å². The lowest BCUT2D eigenvalue weighted by atomic mass is 10.1. The van der Waals surface area contributed by atoms with Crippen LogP contribution in [0.25, 0.3) is 0 Å². The molecule has 1 amide bonds. The molecule has 0 unspecified atom stereocenters. The lowest BCUT2D eigenvalue weighted by Crippen LogP contribution is -2.58. The molecule has 0 atom stereocenters. The van der Waals surface area contributed by atoms with Gasteiger partial charge in [0, 0.05) is 26.2 Å². The molecule has 1 aliphatic heterocycles. The molecule has 1 fully saturated rings. The minimum absolute atomic E-state index is 0.0459. The fourth-order valence-corrected chi connectivity index (χ4v) is 2.53. The van der Waals surface area contributed by atoms with Gasteiger partial charge in [-0.1, -0.05) is 6.92 Å². The second-order valence-corrected chi connectivity index (χ2v) is 5.50. The predicted molar refractivity (Wildman–Crippen MR) is 79.8 cm³/mol. The maximum absolute atomic E-state index is 12.2. The maximum Gasteiger partial charge on any atom is 0.238 e. The Kier molecular flexibility index (Phi) is 4.77. The molecule has 6 nitrogen and oxygen atoms in total. The molecule has 112 valence electrons. The smallest absolute Gasteiger partial charge is 0.238 e. The highest BCUT2D eigenvalue weighted by molar-refractivity contribution is 5.93. The van der Waals surface area contributed by atoms with Crippen LogP contribution in [0.3, 0.4) is 0 Å². The average molecular weight is 279 g/mol. The average Bonchev–Trinajstić information content (AvgIpc) is 2.54. The molecular weight excluding hydrogens is 254 g/mol. The second kappa shape index (κ2) is 6.37. The minimum atomic E-state index is 0.0459. The topological polar surface area (TPSA) is 62.2 Å². The Balaban J connectivity index is 1.96. The van der Waals surface area contributed by atoms with Gasteiger partial charge in [-0.05, 0) is 26.8 Å². The highest BCUT2D eigenvalue weighted by Crippen LogP contribution is 2.18. The molecule has 2 rings (SSSR count). The number of aromatic nitrogens is 2.